The molecule has 0 spiro atoms. The summed E-state index contributed by atoms with van der Waals surface area (Å²) < 4.78 is 0. The fourth-order valence-corrected chi connectivity index (χ4v) is 1.09. The number of nitrogens with zero attached hydrogens (tertiary/aromatic N) is 1. The van der Waals surface area contributed by atoms with Crippen LogP contribution in [0.1, 0.15) is 33.6 Å². The average molecular weight is 157 g/mol. The molecule has 0 fully saturated rings. The molecule has 0 N–H and O–H groups in total. The van der Waals surface area contributed by atoms with Crippen LogP contribution in [0.4, 0.5) is 0 Å². The van der Waals surface area contributed by atoms with Gasteiger partial charge < -0.3 is 4.90 Å². The fourth-order valence-electron chi connectivity index (χ4n) is 1.09. The third-order valence-electron chi connectivity index (χ3n) is 1.99. The summed E-state index contributed by atoms with van der Waals surface area (Å²) >= 11 is 0. The molecule has 66 valence electrons. The van der Waals surface area contributed by atoms with E-state index in [-0.39, 0.29) is 11.8 Å². The highest BCUT2D eigenvalue weighted by Crippen LogP contribution is 2.07. The lowest BCUT2D eigenvalue weighted by atomic mass is 10.1. The summed E-state index contributed by atoms with van der Waals surface area (Å²) in [5.41, 5.74) is 0. The first-order chi connectivity index (χ1) is 5.13. The second kappa shape index (κ2) is 5.16. The van der Waals surface area contributed by atoms with Gasteiger partial charge in [0, 0.05) is 19.5 Å². The second-order valence-corrected chi connectivity index (χ2v) is 3.04. The Morgan fingerprint density at radius 2 is 2.00 bits per heavy atom. The van der Waals surface area contributed by atoms with Gasteiger partial charge in [-0.15, -0.1) is 0 Å². The van der Waals surface area contributed by atoms with Gasteiger partial charge in [0.15, 0.2) is 0 Å². The van der Waals surface area contributed by atoms with Crippen LogP contribution in [-0.2, 0) is 4.79 Å². The van der Waals surface area contributed by atoms with E-state index in [0.717, 1.165) is 19.4 Å². The lowest BCUT2D eigenvalue weighted by molar-refractivity contribution is -0.133. The Morgan fingerprint density at radius 1 is 1.45 bits per heavy atom. The molecule has 0 heterocycles. The summed E-state index contributed by atoms with van der Waals surface area (Å²) in [5.74, 6) is 0.472. The van der Waals surface area contributed by atoms with Crippen molar-refractivity contribution >= 4 is 5.91 Å². The van der Waals surface area contributed by atoms with Gasteiger partial charge in [0.2, 0.25) is 5.91 Å². The van der Waals surface area contributed by atoms with Gasteiger partial charge in [0.1, 0.15) is 0 Å². The van der Waals surface area contributed by atoms with Crippen LogP contribution in [0.15, 0.2) is 0 Å². The normalized spacial score (nSPS) is 12.7. The topological polar surface area (TPSA) is 20.3 Å². The lowest BCUT2D eigenvalue weighted by Gasteiger charge is -2.18. The van der Waals surface area contributed by atoms with Crippen molar-refractivity contribution in [1.29, 1.82) is 0 Å². The van der Waals surface area contributed by atoms with Crippen molar-refractivity contribution in [2.45, 2.75) is 33.6 Å². The number of rotatable bonds is 4. The number of hydrogen-bond donors (Lipinski definition) is 0. The lowest BCUT2D eigenvalue weighted by Crippen LogP contribution is -2.31. The smallest absolute Gasteiger partial charge is 0.225 e. The molecule has 0 saturated heterocycles. The zero-order valence-corrected chi connectivity index (χ0v) is 8.05. The highest BCUT2D eigenvalue weighted by Gasteiger charge is 2.14. The molecular formula is C9H19NO. The van der Waals surface area contributed by atoms with E-state index in [0.29, 0.717) is 0 Å². The number of amides is 1. The summed E-state index contributed by atoms with van der Waals surface area (Å²) in [5, 5.41) is 0. The van der Waals surface area contributed by atoms with Gasteiger partial charge in [-0.25, -0.2) is 0 Å². The highest BCUT2D eigenvalue weighted by atomic mass is 16.2. The molecule has 0 aromatic heterocycles. The van der Waals surface area contributed by atoms with E-state index in [4.69, 9.17) is 0 Å². The minimum atomic E-state index is 0.199. The zero-order valence-electron chi connectivity index (χ0n) is 8.05. The van der Waals surface area contributed by atoms with Gasteiger partial charge in [-0.1, -0.05) is 20.3 Å². The summed E-state index contributed by atoms with van der Waals surface area (Å²) in [7, 11) is 1.86. The fraction of sp³-hybridized carbons (Fsp3) is 0.889. The van der Waals surface area contributed by atoms with Crippen LogP contribution in [0.3, 0.4) is 0 Å². The van der Waals surface area contributed by atoms with Crippen LogP contribution in [0, 0.1) is 5.92 Å². The van der Waals surface area contributed by atoms with Crippen LogP contribution >= 0.6 is 0 Å². The van der Waals surface area contributed by atoms with Gasteiger partial charge in [0.05, 0.1) is 0 Å². The number of carbonyl (C=O) groups excluding carboxylic acids is 1. The van der Waals surface area contributed by atoms with Crippen molar-refractivity contribution in [2.75, 3.05) is 13.6 Å². The third-order valence-corrected chi connectivity index (χ3v) is 1.99. The number of hydrogen-bond acceptors (Lipinski definition) is 1. The van der Waals surface area contributed by atoms with Gasteiger partial charge in [-0.2, -0.15) is 0 Å². The van der Waals surface area contributed by atoms with E-state index in [2.05, 4.69) is 6.92 Å². The maximum atomic E-state index is 11.4. The molecular weight excluding hydrogens is 138 g/mol. The summed E-state index contributed by atoms with van der Waals surface area (Å²) in [6.45, 7) is 6.91. The Bertz CT molecular complexity index is 123. The van der Waals surface area contributed by atoms with Crippen molar-refractivity contribution in [1.82, 2.24) is 4.90 Å². The van der Waals surface area contributed by atoms with Crippen LogP contribution in [0.5, 0.6) is 0 Å². The Morgan fingerprint density at radius 3 is 2.36 bits per heavy atom. The van der Waals surface area contributed by atoms with Gasteiger partial charge in [-0.3, -0.25) is 4.79 Å². The molecule has 0 aromatic rings. The van der Waals surface area contributed by atoms with E-state index < -0.39 is 0 Å². The monoisotopic (exact) mass is 157 g/mol. The molecule has 0 radical (unpaired) electrons. The second-order valence-electron chi connectivity index (χ2n) is 3.04. The van der Waals surface area contributed by atoms with Crippen molar-refractivity contribution < 1.29 is 4.79 Å². The van der Waals surface area contributed by atoms with Crippen molar-refractivity contribution in [3.8, 4) is 0 Å². The average Bonchev–Trinajstić information content (AvgIpc) is 2.02. The van der Waals surface area contributed by atoms with Crippen molar-refractivity contribution in [3.63, 3.8) is 0 Å². The zero-order chi connectivity index (χ0) is 8.85. The van der Waals surface area contributed by atoms with E-state index in [1.165, 1.54) is 0 Å². The SMILES string of the molecule is CCCC(C)C(=O)N(C)CC. The van der Waals surface area contributed by atoms with Crippen LogP contribution in [-0.4, -0.2) is 24.4 Å². The third kappa shape index (κ3) is 3.40. The first-order valence-corrected chi connectivity index (χ1v) is 4.38. The van der Waals surface area contributed by atoms with E-state index in [1.807, 2.05) is 20.9 Å². The highest BCUT2D eigenvalue weighted by molar-refractivity contribution is 5.78. The molecule has 1 atom stereocenters. The van der Waals surface area contributed by atoms with Crippen LogP contribution in [0.25, 0.3) is 0 Å². The molecule has 0 rings (SSSR count). The molecule has 1 unspecified atom stereocenters. The first kappa shape index (κ1) is 10.5. The quantitative estimate of drug-likeness (QED) is 0.610. The molecule has 1 amide bonds. The molecule has 0 aliphatic rings. The van der Waals surface area contributed by atoms with Crippen LogP contribution in [0.2, 0.25) is 0 Å². The number of carbonyl (C=O) groups is 1. The maximum Gasteiger partial charge on any atom is 0.225 e. The Hall–Kier alpha value is -0.530. The van der Waals surface area contributed by atoms with Gasteiger partial charge in [-0.05, 0) is 13.3 Å². The van der Waals surface area contributed by atoms with E-state index >= 15 is 0 Å². The minimum Gasteiger partial charge on any atom is -0.346 e. The molecule has 0 aliphatic heterocycles. The standard InChI is InChI=1S/C9H19NO/c1-5-7-8(3)9(11)10(4)6-2/h8H,5-7H2,1-4H3. The predicted molar refractivity (Wildman–Crippen MR) is 47.4 cm³/mol. The van der Waals surface area contributed by atoms with Crippen LogP contribution < -0.4 is 0 Å². The maximum absolute atomic E-state index is 11.4. The Labute approximate surface area is 69.6 Å². The van der Waals surface area contributed by atoms with Gasteiger partial charge >= 0.3 is 0 Å². The molecule has 0 bridgehead atoms. The van der Waals surface area contributed by atoms with E-state index in [1.54, 1.807) is 4.90 Å². The molecule has 2 nitrogen and oxygen atoms in total. The minimum absolute atomic E-state index is 0.199. The van der Waals surface area contributed by atoms with E-state index in [9.17, 15) is 4.79 Å². The summed E-state index contributed by atoms with van der Waals surface area (Å²) in [4.78, 5) is 13.2. The molecule has 11 heavy (non-hydrogen) atoms. The molecule has 0 aromatic carbocycles. The molecule has 2 heteroatoms. The molecule has 0 aliphatic carbocycles. The molecule has 0 saturated carbocycles. The van der Waals surface area contributed by atoms with Crippen molar-refractivity contribution in [3.05, 3.63) is 0 Å². The first-order valence-electron chi connectivity index (χ1n) is 4.38. The predicted octanol–water partition coefficient (Wildman–Crippen LogP) is 1.90. The Kier molecular flexibility index (Phi) is 4.92. The summed E-state index contributed by atoms with van der Waals surface area (Å²) in [6.07, 6.45) is 2.09. The largest absolute Gasteiger partial charge is 0.346 e. The van der Waals surface area contributed by atoms with Crippen molar-refractivity contribution in [2.24, 2.45) is 5.92 Å². The Balaban J connectivity index is 3.81. The summed E-state index contributed by atoms with van der Waals surface area (Å²) in [6, 6.07) is 0. The van der Waals surface area contributed by atoms with Gasteiger partial charge in [0.25, 0.3) is 0 Å².